The van der Waals surface area contributed by atoms with Crippen molar-refractivity contribution in [3.8, 4) is 11.5 Å². The SMILES string of the molecule is COc1ccc(NCc2cc3ccccc3[nH]c2=O)c(OC)c1. The van der Waals surface area contributed by atoms with E-state index >= 15 is 0 Å². The lowest BCUT2D eigenvalue weighted by Gasteiger charge is -2.12. The number of methoxy groups -OCH3 is 2. The summed E-state index contributed by atoms with van der Waals surface area (Å²) in [6.07, 6.45) is 0. The number of ether oxygens (including phenoxy) is 2. The molecule has 1 heterocycles. The standard InChI is InChI=1S/C18H18N2O3/c1-22-14-7-8-16(17(10-14)23-2)19-11-13-9-12-5-3-4-6-15(12)20-18(13)21/h3-10,19H,11H2,1-2H3,(H,20,21). The van der Waals surface area contributed by atoms with Gasteiger partial charge in [-0.05, 0) is 29.7 Å². The topological polar surface area (TPSA) is 63.3 Å². The number of benzene rings is 2. The number of pyridine rings is 1. The average molecular weight is 310 g/mol. The molecule has 0 saturated heterocycles. The summed E-state index contributed by atoms with van der Waals surface area (Å²) < 4.78 is 10.5. The van der Waals surface area contributed by atoms with Crippen LogP contribution >= 0.6 is 0 Å². The van der Waals surface area contributed by atoms with Gasteiger partial charge >= 0.3 is 0 Å². The van der Waals surface area contributed by atoms with E-state index in [0.29, 0.717) is 17.9 Å². The number of nitrogens with one attached hydrogen (secondary N) is 2. The van der Waals surface area contributed by atoms with Crippen LogP contribution < -0.4 is 20.3 Å². The summed E-state index contributed by atoms with van der Waals surface area (Å²) in [6, 6.07) is 15.1. The van der Waals surface area contributed by atoms with E-state index in [1.165, 1.54) is 0 Å². The summed E-state index contributed by atoms with van der Waals surface area (Å²) in [5.74, 6) is 1.39. The quantitative estimate of drug-likeness (QED) is 0.760. The smallest absolute Gasteiger partial charge is 0.253 e. The fourth-order valence-electron chi connectivity index (χ4n) is 2.46. The number of hydrogen-bond donors (Lipinski definition) is 2. The van der Waals surface area contributed by atoms with Crippen LogP contribution in [0.3, 0.4) is 0 Å². The molecule has 118 valence electrons. The van der Waals surface area contributed by atoms with Crippen LogP contribution in [0.2, 0.25) is 0 Å². The molecule has 0 aliphatic rings. The minimum atomic E-state index is -0.0938. The van der Waals surface area contributed by atoms with Crippen LogP contribution in [0.15, 0.2) is 53.3 Å². The van der Waals surface area contributed by atoms with Gasteiger partial charge in [0.15, 0.2) is 0 Å². The molecule has 5 heteroatoms. The molecule has 2 aromatic carbocycles. The number of aromatic amines is 1. The summed E-state index contributed by atoms with van der Waals surface area (Å²) >= 11 is 0. The molecule has 3 rings (SSSR count). The number of H-pyrrole nitrogens is 1. The van der Waals surface area contributed by atoms with Crippen LogP contribution in [0.4, 0.5) is 5.69 Å². The first-order chi connectivity index (χ1) is 11.2. The third-order valence-corrected chi connectivity index (χ3v) is 3.71. The zero-order chi connectivity index (χ0) is 16.2. The van der Waals surface area contributed by atoms with Crippen molar-refractivity contribution in [1.29, 1.82) is 0 Å². The van der Waals surface area contributed by atoms with Gasteiger partial charge in [0.2, 0.25) is 0 Å². The Hall–Kier alpha value is -2.95. The van der Waals surface area contributed by atoms with Crippen LogP contribution in [-0.2, 0) is 6.54 Å². The van der Waals surface area contributed by atoms with E-state index in [9.17, 15) is 4.79 Å². The van der Waals surface area contributed by atoms with E-state index < -0.39 is 0 Å². The lowest BCUT2D eigenvalue weighted by Crippen LogP contribution is -2.15. The molecule has 0 bridgehead atoms. The van der Waals surface area contributed by atoms with E-state index in [1.54, 1.807) is 20.3 Å². The summed E-state index contributed by atoms with van der Waals surface area (Å²) in [5.41, 5.74) is 2.22. The van der Waals surface area contributed by atoms with Crippen molar-refractivity contribution in [2.24, 2.45) is 0 Å². The third-order valence-electron chi connectivity index (χ3n) is 3.71. The summed E-state index contributed by atoms with van der Waals surface area (Å²) in [6.45, 7) is 0.406. The van der Waals surface area contributed by atoms with Gasteiger partial charge in [0.1, 0.15) is 11.5 Å². The average Bonchev–Trinajstić information content (AvgIpc) is 2.59. The van der Waals surface area contributed by atoms with E-state index in [-0.39, 0.29) is 5.56 Å². The van der Waals surface area contributed by atoms with Crippen molar-refractivity contribution < 1.29 is 9.47 Å². The van der Waals surface area contributed by atoms with Crippen LogP contribution in [0.1, 0.15) is 5.56 Å². The lowest BCUT2D eigenvalue weighted by molar-refractivity contribution is 0.395. The number of hydrogen-bond acceptors (Lipinski definition) is 4. The normalized spacial score (nSPS) is 10.5. The van der Waals surface area contributed by atoms with Crippen molar-refractivity contribution in [1.82, 2.24) is 4.98 Å². The van der Waals surface area contributed by atoms with Crippen LogP contribution in [0.5, 0.6) is 11.5 Å². The number of rotatable bonds is 5. The maximum atomic E-state index is 12.2. The molecule has 0 fully saturated rings. The first-order valence-electron chi connectivity index (χ1n) is 7.28. The van der Waals surface area contributed by atoms with Crippen LogP contribution in [0, 0.1) is 0 Å². The van der Waals surface area contributed by atoms with E-state index in [2.05, 4.69) is 10.3 Å². The molecule has 0 spiro atoms. The number of anilines is 1. The monoisotopic (exact) mass is 310 g/mol. The van der Waals surface area contributed by atoms with Gasteiger partial charge < -0.3 is 19.8 Å². The first-order valence-corrected chi connectivity index (χ1v) is 7.28. The van der Waals surface area contributed by atoms with Gasteiger partial charge in [-0.25, -0.2) is 0 Å². The van der Waals surface area contributed by atoms with Gasteiger partial charge in [0.25, 0.3) is 5.56 Å². The molecule has 0 aliphatic heterocycles. The van der Waals surface area contributed by atoms with Crippen molar-refractivity contribution in [3.63, 3.8) is 0 Å². The molecule has 0 aliphatic carbocycles. The highest BCUT2D eigenvalue weighted by molar-refractivity contribution is 5.78. The molecule has 5 nitrogen and oxygen atoms in total. The number of para-hydroxylation sites is 1. The minimum absolute atomic E-state index is 0.0938. The molecule has 1 aromatic heterocycles. The molecule has 0 amide bonds. The minimum Gasteiger partial charge on any atom is -0.497 e. The zero-order valence-corrected chi connectivity index (χ0v) is 13.1. The molecule has 23 heavy (non-hydrogen) atoms. The van der Waals surface area contributed by atoms with Gasteiger partial charge in [-0.2, -0.15) is 0 Å². The highest BCUT2D eigenvalue weighted by Crippen LogP contribution is 2.29. The second kappa shape index (κ2) is 6.44. The predicted octanol–water partition coefficient (Wildman–Crippen LogP) is 3.16. The molecule has 2 N–H and O–H groups in total. The molecule has 3 aromatic rings. The summed E-state index contributed by atoms with van der Waals surface area (Å²) in [4.78, 5) is 15.1. The molecule has 0 atom stereocenters. The molecular formula is C18H18N2O3. The predicted molar refractivity (Wildman–Crippen MR) is 91.4 cm³/mol. The maximum absolute atomic E-state index is 12.2. The van der Waals surface area contributed by atoms with Crippen molar-refractivity contribution in [3.05, 3.63) is 64.4 Å². The van der Waals surface area contributed by atoms with Crippen molar-refractivity contribution in [2.75, 3.05) is 19.5 Å². The fraction of sp³-hybridized carbons (Fsp3) is 0.167. The Labute approximate surface area is 133 Å². The number of aromatic nitrogens is 1. The Kier molecular flexibility index (Phi) is 4.19. The zero-order valence-electron chi connectivity index (χ0n) is 13.1. The Bertz CT molecular complexity index is 887. The highest BCUT2D eigenvalue weighted by Gasteiger charge is 2.07. The Morgan fingerprint density at radius 1 is 1.04 bits per heavy atom. The largest absolute Gasteiger partial charge is 0.497 e. The summed E-state index contributed by atoms with van der Waals surface area (Å²) in [7, 11) is 3.21. The first kappa shape index (κ1) is 15.0. The highest BCUT2D eigenvalue weighted by atomic mass is 16.5. The second-order valence-electron chi connectivity index (χ2n) is 5.13. The Balaban J connectivity index is 1.86. The van der Waals surface area contributed by atoms with E-state index in [1.807, 2.05) is 42.5 Å². The molecule has 0 radical (unpaired) electrons. The van der Waals surface area contributed by atoms with Crippen molar-refractivity contribution >= 4 is 16.6 Å². The van der Waals surface area contributed by atoms with Gasteiger partial charge in [-0.1, -0.05) is 18.2 Å². The summed E-state index contributed by atoms with van der Waals surface area (Å²) in [5, 5.41) is 4.24. The maximum Gasteiger partial charge on any atom is 0.253 e. The van der Waals surface area contributed by atoms with Crippen molar-refractivity contribution in [2.45, 2.75) is 6.54 Å². The molecular weight excluding hydrogens is 292 g/mol. The van der Waals surface area contributed by atoms with Gasteiger partial charge in [0, 0.05) is 23.7 Å². The Morgan fingerprint density at radius 3 is 2.65 bits per heavy atom. The third kappa shape index (κ3) is 3.13. The Morgan fingerprint density at radius 2 is 1.87 bits per heavy atom. The number of fused-ring (bicyclic) bond motifs is 1. The molecule has 0 saturated carbocycles. The van der Waals surface area contributed by atoms with Gasteiger partial charge in [-0.3, -0.25) is 4.79 Å². The van der Waals surface area contributed by atoms with E-state index in [0.717, 1.165) is 22.3 Å². The van der Waals surface area contributed by atoms with Gasteiger partial charge in [0.05, 0.1) is 19.9 Å². The fourth-order valence-corrected chi connectivity index (χ4v) is 2.46. The van der Waals surface area contributed by atoms with E-state index in [4.69, 9.17) is 9.47 Å². The second-order valence-corrected chi connectivity index (χ2v) is 5.13. The lowest BCUT2D eigenvalue weighted by atomic mass is 10.1. The van der Waals surface area contributed by atoms with Gasteiger partial charge in [-0.15, -0.1) is 0 Å². The van der Waals surface area contributed by atoms with Crippen LogP contribution in [0.25, 0.3) is 10.9 Å². The molecule has 0 unspecified atom stereocenters. The van der Waals surface area contributed by atoms with Crippen LogP contribution in [-0.4, -0.2) is 19.2 Å².